The smallest absolute Gasteiger partial charge is 0.433 e. The van der Waals surface area contributed by atoms with Crippen molar-refractivity contribution in [3.63, 3.8) is 0 Å². The third kappa shape index (κ3) is 6.07. The molecule has 15 heteroatoms. The lowest BCUT2D eigenvalue weighted by molar-refractivity contribution is -0.141. The molecule has 236 valence electrons. The summed E-state index contributed by atoms with van der Waals surface area (Å²) < 4.78 is 48.5. The number of aromatic amines is 1. The van der Waals surface area contributed by atoms with Crippen molar-refractivity contribution in [2.75, 3.05) is 33.3 Å². The zero-order valence-electron chi connectivity index (χ0n) is 24.5. The predicted octanol–water partition coefficient (Wildman–Crippen LogP) is 3.61. The highest BCUT2D eigenvalue weighted by molar-refractivity contribution is 5.94. The van der Waals surface area contributed by atoms with Crippen LogP contribution in [0, 0.1) is 11.3 Å². The number of rotatable bonds is 9. The number of alkyl halides is 3. The number of nitriles is 1. The van der Waals surface area contributed by atoms with Crippen LogP contribution in [-0.4, -0.2) is 96.0 Å². The van der Waals surface area contributed by atoms with Crippen molar-refractivity contribution < 1.29 is 27.8 Å². The molecule has 4 aromatic rings. The maximum Gasteiger partial charge on any atom is 0.433 e. The maximum atomic E-state index is 13.6. The number of hydrogen-bond donors (Lipinski definition) is 2. The van der Waals surface area contributed by atoms with E-state index < -0.39 is 23.3 Å². The highest BCUT2D eigenvalue weighted by atomic mass is 19.4. The van der Waals surface area contributed by atoms with Gasteiger partial charge >= 0.3 is 6.18 Å². The summed E-state index contributed by atoms with van der Waals surface area (Å²) in [5.74, 6) is -0.913. The molecule has 1 saturated carbocycles. The Bertz CT molecular complexity index is 1720. The molecule has 5 heterocycles. The molecule has 0 radical (unpaired) electrons. The van der Waals surface area contributed by atoms with Gasteiger partial charge in [-0.15, -0.1) is 0 Å². The number of nitrogens with zero attached hydrogens (tertiary/aromatic N) is 8. The summed E-state index contributed by atoms with van der Waals surface area (Å²) in [5.41, 5.74) is 0.450. The van der Waals surface area contributed by atoms with Gasteiger partial charge in [0, 0.05) is 67.7 Å². The number of halogens is 3. The molecule has 0 aromatic carbocycles. The molecule has 2 aliphatic rings. The van der Waals surface area contributed by atoms with Gasteiger partial charge in [-0.05, 0) is 37.8 Å². The van der Waals surface area contributed by atoms with Crippen molar-refractivity contribution in [3.8, 4) is 23.2 Å². The van der Waals surface area contributed by atoms with Crippen molar-refractivity contribution in [1.29, 1.82) is 5.26 Å². The van der Waals surface area contributed by atoms with E-state index in [0.717, 1.165) is 40.0 Å². The van der Waals surface area contributed by atoms with Gasteiger partial charge in [0.1, 0.15) is 29.3 Å². The van der Waals surface area contributed by atoms with E-state index >= 15 is 0 Å². The topological polar surface area (TPSA) is 149 Å². The fourth-order valence-electron chi connectivity index (χ4n) is 6.27. The molecule has 1 amide bonds. The fraction of sp³-hybridized carbons (Fsp3) is 0.467. The summed E-state index contributed by atoms with van der Waals surface area (Å²) in [6.45, 7) is 0.950. The summed E-state index contributed by atoms with van der Waals surface area (Å²) in [6, 6.07) is 6.39. The van der Waals surface area contributed by atoms with Crippen LogP contribution >= 0.6 is 0 Å². The first-order valence-electron chi connectivity index (χ1n) is 14.7. The zero-order chi connectivity index (χ0) is 31.8. The number of aliphatic hydroxyl groups excluding tert-OH is 1. The number of pyridine rings is 1. The fourth-order valence-corrected chi connectivity index (χ4v) is 6.27. The molecule has 4 aromatic heterocycles. The number of likely N-dealkylation sites (N-methyl/N-ethyl adjacent to an activating group) is 1. The number of H-pyrrole nitrogens is 1. The number of carbonyl (C=O) groups excluding carboxylic acids is 1. The molecular weight excluding hydrogens is 591 g/mol. The summed E-state index contributed by atoms with van der Waals surface area (Å²) in [5, 5.41) is 24.3. The van der Waals surface area contributed by atoms with Crippen LogP contribution in [0.3, 0.4) is 0 Å². The summed E-state index contributed by atoms with van der Waals surface area (Å²) in [4.78, 5) is 31.5. The monoisotopic (exact) mass is 623 g/mol. The van der Waals surface area contributed by atoms with Crippen LogP contribution in [0.25, 0.3) is 22.3 Å². The van der Waals surface area contributed by atoms with Crippen molar-refractivity contribution in [3.05, 3.63) is 54.4 Å². The van der Waals surface area contributed by atoms with Crippen molar-refractivity contribution in [1.82, 2.24) is 39.5 Å². The van der Waals surface area contributed by atoms with Gasteiger partial charge in [-0.3, -0.25) is 14.4 Å². The molecule has 1 aliphatic heterocycles. The van der Waals surface area contributed by atoms with Crippen LogP contribution in [0.1, 0.15) is 48.2 Å². The molecule has 0 bridgehead atoms. The van der Waals surface area contributed by atoms with Crippen molar-refractivity contribution in [2.45, 2.75) is 56.0 Å². The molecule has 1 saturated heterocycles. The number of aromatic nitrogens is 6. The summed E-state index contributed by atoms with van der Waals surface area (Å²) in [6.07, 6.45) is 4.89. The largest absolute Gasteiger partial charge is 0.474 e. The summed E-state index contributed by atoms with van der Waals surface area (Å²) in [7, 11) is 1.40. The van der Waals surface area contributed by atoms with E-state index in [-0.39, 0.29) is 36.7 Å². The minimum absolute atomic E-state index is 0.0184. The van der Waals surface area contributed by atoms with Gasteiger partial charge < -0.3 is 19.7 Å². The molecule has 6 rings (SSSR count). The van der Waals surface area contributed by atoms with Gasteiger partial charge in [0.25, 0.3) is 5.91 Å². The Labute approximate surface area is 256 Å². The Hall–Kier alpha value is -4.55. The number of nitrogens with one attached hydrogen (secondary N) is 1. The van der Waals surface area contributed by atoms with E-state index in [4.69, 9.17) is 9.84 Å². The van der Waals surface area contributed by atoms with Crippen LogP contribution in [0.5, 0.6) is 5.88 Å². The number of amides is 1. The first-order chi connectivity index (χ1) is 21.6. The summed E-state index contributed by atoms with van der Waals surface area (Å²) >= 11 is 0. The Morgan fingerprint density at radius 1 is 1.24 bits per heavy atom. The quantitative estimate of drug-likeness (QED) is 0.285. The van der Waals surface area contributed by atoms with Crippen LogP contribution < -0.4 is 4.74 Å². The zero-order valence-corrected chi connectivity index (χ0v) is 24.5. The second-order valence-electron chi connectivity index (χ2n) is 11.7. The Kier molecular flexibility index (Phi) is 8.19. The highest BCUT2D eigenvalue weighted by Gasteiger charge is 2.48. The number of hydrogen-bond acceptors (Lipinski definition) is 9. The van der Waals surface area contributed by atoms with E-state index in [1.54, 1.807) is 6.20 Å². The molecule has 2 fully saturated rings. The molecule has 2 N–H and O–H groups in total. The normalized spacial score (nSPS) is 20.0. The van der Waals surface area contributed by atoms with Gasteiger partial charge in [-0.1, -0.05) is 0 Å². The van der Waals surface area contributed by atoms with Crippen LogP contribution in [0.2, 0.25) is 0 Å². The lowest BCUT2D eigenvalue weighted by atomic mass is 9.82. The van der Waals surface area contributed by atoms with Gasteiger partial charge in [0.2, 0.25) is 5.88 Å². The van der Waals surface area contributed by atoms with Gasteiger partial charge in [0.05, 0.1) is 31.0 Å². The first-order valence-corrected chi connectivity index (χ1v) is 14.7. The molecular formula is C30H32F3N9O3. The van der Waals surface area contributed by atoms with E-state index in [1.807, 2.05) is 23.1 Å². The average molecular weight is 624 g/mol. The molecule has 12 nitrogen and oxygen atoms in total. The number of aliphatic hydroxyl groups is 1. The highest BCUT2D eigenvalue weighted by Crippen LogP contribution is 2.39. The van der Waals surface area contributed by atoms with Gasteiger partial charge in [-0.25, -0.2) is 15.0 Å². The van der Waals surface area contributed by atoms with Gasteiger partial charge in [-0.2, -0.15) is 23.5 Å². The molecule has 45 heavy (non-hydrogen) atoms. The lowest BCUT2D eigenvalue weighted by Crippen LogP contribution is -2.65. The van der Waals surface area contributed by atoms with Crippen LogP contribution in [0.15, 0.2) is 43.1 Å². The number of fused-ring (bicyclic) bond motifs is 1. The first kappa shape index (κ1) is 30.5. The number of ether oxygens (including phenoxy) is 1. The minimum atomic E-state index is -4.76. The molecule has 0 spiro atoms. The molecule has 1 aliphatic carbocycles. The number of likely N-dealkylation sites (tertiary alicyclic amines) is 1. The van der Waals surface area contributed by atoms with Gasteiger partial charge in [0.15, 0.2) is 0 Å². The molecule has 0 unspecified atom stereocenters. The second-order valence-corrected chi connectivity index (χ2v) is 11.7. The van der Waals surface area contributed by atoms with E-state index in [1.165, 1.54) is 19.4 Å². The number of carbonyl (C=O) groups is 1. The standard InChI is InChI=1S/C30H32F3N9O3/c1-40(10-11-43)28(44)19-12-24(30(31,32)33)39-25(13-19)45-22-4-2-21(3-5-22)41-16-29(17-41,7-8-34)42-15-20(14-38-42)26-23-6-9-35-27(23)37-18-36-26/h6,9,12-15,18,21-22,43H,2-5,7,10-11,16-17H2,1H3,(H,35,36,37). The van der Waals surface area contributed by atoms with E-state index in [0.29, 0.717) is 38.4 Å². The Morgan fingerprint density at radius 3 is 2.73 bits per heavy atom. The lowest BCUT2D eigenvalue weighted by Gasteiger charge is -2.53. The maximum absolute atomic E-state index is 13.6. The molecule has 0 atom stereocenters. The SMILES string of the molecule is CN(CCO)C(=O)c1cc(OC2CCC(N3CC(CC#N)(n4cc(-c5ncnc6[nH]ccc56)cn4)C3)CC2)nc(C(F)(F)F)c1. The third-order valence-electron chi connectivity index (χ3n) is 8.67. The third-order valence-corrected chi connectivity index (χ3v) is 8.67. The average Bonchev–Trinajstić information content (AvgIpc) is 3.69. The van der Waals surface area contributed by atoms with Crippen LogP contribution in [0.4, 0.5) is 13.2 Å². The van der Waals surface area contributed by atoms with Crippen LogP contribution in [-0.2, 0) is 11.7 Å². The van der Waals surface area contributed by atoms with Crippen molar-refractivity contribution in [2.24, 2.45) is 0 Å². The van der Waals surface area contributed by atoms with E-state index in [9.17, 15) is 23.2 Å². The Balaban J connectivity index is 1.10. The van der Waals surface area contributed by atoms with E-state index in [2.05, 4.69) is 36.0 Å². The minimum Gasteiger partial charge on any atom is -0.474 e. The second kappa shape index (κ2) is 12.1. The Morgan fingerprint density at radius 2 is 2.02 bits per heavy atom. The predicted molar refractivity (Wildman–Crippen MR) is 155 cm³/mol. The van der Waals surface area contributed by atoms with Crippen molar-refractivity contribution >= 4 is 16.9 Å².